The van der Waals surface area contributed by atoms with Gasteiger partial charge in [0.05, 0.1) is 11.4 Å². The molecule has 9 heavy (non-hydrogen) atoms. The highest BCUT2D eigenvalue weighted by Crippen LogP contribution is 2.14. The van der Waals surface area contributed by atoms with Gasteiger partial charge in [-0.1, -0.05) is 0 Å². The average Bonchev–Trinajstić information content (AvgIpc) is 1.83. The lowest BCUT2D eigenvalue weighted by Gasteiger charge is -1.97. The van der Waals surface area contributed by atoms with Crippen LogP contribution in [0.15, 0.2) is 6.33 Å². The first kappa shape index (κ1) is 6.01. The second-order valence-electron chi connectivity index (χ2n) is 1.89. The number of aromatic hydroxyl groups is 1. The molecule has 0 spiro atoms. The van der Waals surface area contributed by atoms with Gasteiger partial charge in [-0.25, -0.2) is 9.97 Å². The molecular weight excluding hydrogens is 116 g/mol. The monoisotopic (exact) mass is 124 g/mol. The summed E-state index contributed by atoms with van der Waals surface area (Å²) in [7, 11) is 0. The molecule has 0 amide bonds. The lowest BCUT2D eigenvalue weighted by atomic mass is 10.3. The minimum atomic E-state index is 0.192. The molecule has 1 N–H and O–H groups in total. The lowest BCUT2D eigenvalue weighted by Crippen LogP contribution is -1.87. The van der Waals surface area contributed by atoms with Crippen molar-refractivity contribution >= 4 is 0 Å². The quantitative estimate of drug-likeness (QED) is 0.556. The zero-order valence-electron chi connectivity index (χ0n) is 5.42. The third-order valence-corrected chi connectivity index (χ3v) is 1.19. The van der Waals surface area contributed by atoms with E-state index < -0.39 is 0 Å². The Morgan fingerprint density at radius 2 is 1.67 bits per heavy atom. The highest BCUT2D eigenvalue weighted by Gasteiger charge is 1.98. The van der Waals surface area contributed by atoms with Gasteiger partial charge < -0.3 is 5.11 Å². The molecule has 0 aromatic carbocycles. The maximum Gasteiger partial charge on any atom is 0.158 e. The van der Waals surface area contributed by atoms with Crippen LogP contribution in [0, 0.1) is 13.8 Å². The molecule has 0 saturated heterocycles. The first-order valence-corrected chi connectivity index (χ1v) is 2.69. The molecule has 48 valence electrons. The summed E-state index contributed by atoms with van der Waals surface area (Å²) in [6, 6.07) is 0. The molecular formula is C6H8N2O. The normalized spacial score (nSPS) is 9.56. The second-order valence-corrected chi connectivity index (χ2v) is 1.89. The highest BCUT2D eigenvalue weighted by molar-refractivity contribution is 5.27. The number of hydrogen-bond acceptors (Lipinski definition) is 3. The Hall–Kier alpha value is -1.12. The highest BCUT2D eigenvalue weighted by atomic mass is 16.3. The third-order valence-electron chi connectivity index (χ3n) is 1.19. The van der Waals surface area contributed by atoms with Gasteiger partial charge in [-0.3, -0.25) is 0 Å². The minimum Gasteiger partial charge on any atom is -0.504 e. The summed E-state index contributed by atoms with van der Waals surface area (Å²) < 4.78 is 0. The Kier molecular flexibility index (Phi) is 1.34. The van der Waals surface area contributed by atoms with Crippen molar-refractivity contribution in [2.45, 2.75) is 13.8 Å². The Bertz CT molecular complexity index is 202. The first-order chi connectivity index (χ1) is 4.22. The number of aryl methyl sites for hydroxylation is 2. The Morgan fingerprint density at radius 3 is 2.00 bits per heavy atom. The zero-order valence-corrected chi connectivity index (χ0v) is 5.42. The van der Waals surface area contributed by atoms with Crippen LogP contribution in [0.3, 0.4) is 0 Å². The topological polar surface area (TPSA) is 46.0 Å². The van der Waals surface area contributed by atoms with Crippen molar-refractivity contribution in [1.29, 1.82) is 0 Å². The molecule has 1 heterocycles. The maximum atomic E-state index is 9.08. The van der Waals surface area contributed by atoms with E-state index in [1.807, 2.05) is 0 Å². The van der Waals surface area contributed by atoms with Crippen molar-refractivity contribution in [2.24, 2.45) is 0 Å². The fourth-order valence-electron chi connectivity index (χ4n) is 0.586. The summed E-state index contributed by atoms with van der Waals surface area (Å²) in [6.07, 6.45) is 1.43. The number of rotatable bonds is 0. The van der Waals surface area contributed by atoms with Crippen molar-refractivity contribution in [2.75, 3.05) is 0 Å². The summed E-state index contributed by atoms with van der Waals surface area (Å²) in [5.74, 6) is 0.192. The number of aromatic nitrogens is 2. The van der Waals surface area contributed by atoms with E-state index >= 15 is 0 Å². The molecule has 1 aromatic heterocycles. The van der Waals surface area contributed by atoms with Gasteiger partial charge in [0.25, 0.3) is 0 Å². The van der Waals surface area contributed by atoms with Crippen molar-refractivity contribution in [3.8, 4) is 5.75 Å². The average molecular weight is 124 g/mol. The van der Waals surface area contributed by atoms with Crippen molar-refractivity contribution in [3.63, 3.8) is 0 Å². The largest absolute Gasteiger partial charge is 0.504 e. The molecule has 0 aliphatic heterocycles. The van der Waals surface area contributed by atoms with Gasteiger partial charge in [-0.05, 0) is 13.8 Å². The molecule has 0 fully saturated rings. The van der Waals surface area contributed by atoms with Crippen molar-refractivity contribution in [3.05, 3.63) is 17.7 Å². The molecule has 0 aliphatic rings. The van der Waals surface area contributed by atoms with Crippen LogP contribution in [0.5, 0.6) is 5.75 Å². The van der Waals surface area contributed by atoms with Gasteiger partial charge in [-0.2, -0.15) is 0 Å². The summed E-state index contributed by atoms with van der Waals surface area (Å²) in [5, 5.41) is 9.08. The van der Waals surface area contributed by atoms with Crippen LogP contribution in [0.4, 0.5) is 0 Å². The molecule has 0 saturated carbocycles. The van der Waals surface area contributed by atoms with E-state index in [0.717, 1.165) is 0 Å². The second kappa shape index (κ2) is 2.01. The van der Waals surface area contributed by atoms with Gasteiger partial charge in [0, 0.05) is 0 Å². The zero-order chi connectivity index (χ0) is 6.85. The minimum absolute atomic E-state index is 0.192. The maximum absolute atomic E-state index is 9.08. The predicted molar refractivity (Wildman–Crippen MR) is 33.2 cm³/mol. The van der Waals surface area contributed by atoms with Crippen LogP contribution in [0.25, 0.3) is 0 Å². The van der Waals surface area contributed by atoms with E-state index in [2.05, 4.69) is 9.97 Å². The van der Waals surface area contributed by atoms with Gasteiger partial charge >= 0.3 is 0 Å². The Morgan fingerprint density at radius 1 is 1.22 bits per heavy atom. The molecule has 0 bridgehead atoms. The van der Waals surface area contributed by atoms with Crippen LogP contribution in [0.2, 0.25) is 0 Å². The number of hydrogen-bond donors (Lipinski definition) is 1. The molecule has 1 aromatic rings. The number of nitrogens with zero attached hydrogens (tertiary/aromatic N) is 2. The molecule has 3 nitrogen and oxygen atoms in total. The lowest BCUT2D eigenvalue weighted by molar-refractivity contribution is 0.459. The molecule has 0 aliphatic carbocycles. The predicted octanol–water partition coefficient (Wildman–Crippen LogP) is 0.799. The molecule has 1 rings (SSSR count). The van der Waals surface area contributed by atoms with E-state index in [1.54, 1.807) is 13.8 Å². The molecule has 0 radical (unpaired) electrons. The van der Waals surface area contributed by atoms with E-state index in [1.165, 1.54) is 6.33 Å². The van der Waals surface area contributed by atoms with E-state index in [-0.39, 0.29) is 5.75 Å². The van der Waals surface area contributed by atoms with Gasteiger partial charge in [0.1, 0.15) is 6.33 Å². The summed E-state index contributed by atoms with van der Waals surface area (Å²) in [5.41, 5.74) is 1.25. The first-order valence-electron chi connectivity index (χ1n) is 2.69. The third kappa shape index (κ3) is 0.988. The van der Waals surface area contributed by atoms with Crippen LogP contribution in [-0.4, -0.2) is 15.1 Å². The van der Waals surface area contributed by atoms with Crippen molar-refractivity contribution < 1.29 is 5.11 Å². The van der Waals surface area contributed by atoms with Gasteiger partial charge in [0.2, 0.25) is 0 Å². The Balaban J connectivity index is 3.25. The van der Waals surface area contributed by atoms with Crippen molar-refractivity contribution in [1.82, 2.24) is 9.97 Å². The summed E-state index contributed by atoms with van der Waals surface area (Å²) in [4.78, 5) is 7.56. The fourth-order valence-corrected chi connectivity index (χ4v) is 0.586. The van der Waals surface area contributed by atoms with E-state index in [0.29, 0.717) is 11.4 Å². The van der Waals surface area contributed by atoms with Crippen LogP contribution >= 0.6 is 0 Å². The Labute approximate surface area is 53.4 Å². The van der Waals surface area contributed by atoms with Gasteiger partial charge in [0.15, 0.2) is 5.75 Å². The summed E-state index contributed by atoms with van der Waals surface area (Å²) in [6.45, 7) is 3.48. The molecule has 0 unspecified atom stereocenters. The van der Waals surface area contributed by atoms with E-state index in [9.17, 15) is 0 Å². The van der Waals surface area contributed by atoms with Crippen LogP contribution < -0.4 is 0 Å². The molecule has 3 heteroatoms. The summed E-state index contributed by atoms with van der Waals surface area (Å²) >= 11 is 0. The fraction of sp³-hybridized carbons (Fsp3) is 0.333. The van der Waals surface area contributed by atoms with Crippen LogP contribution in [-0.2, 0) is 0 Å². The van der Waals surface area contributed by atoms with Gasteiger partial charge in [-0.15, -0.1) is 0 Å². The van der Waals surface area contributed by atoms with Crippen LogP contribution in [0.1, 0.15) is 11.4 Å². The van der Waals surface area contributed by atoms with E-state index in [4.69, 9.17) is 5.11 Å². The standard InChI is InChI=1S/C6H8N2O/c1-4-6(9)5(2)8-3-7-4/h3,9H,1-2H3. The molecule has 0 atom stereocenters. The SMILES string of the molecule is Cc1ncnc(C)c1O. The smallest absolute Gasteiger partial charge is 0.158 e.